The number of carbonyl (C=O) groups excluding carboxylic acids is 2. The molecule has 3 N–H and O–H groups in total. The molecule has 2 amide bonds. The number of aromatic hydroxyl groups is 1. The van der Waals surface area contributed by atoms with E-state index in [0.717, 1.165) is 17.7 Å². The van der Waals surface area contributed by atoms with Gasteiger partial charge in [-0.15, -0.1) is 0 Å². The minimum Gasteiger partial charge on any atom is -0.504 e. The smallest absolute Gasteiger partial charge is 0.267 e. The number of methoxy groups -OCH3 is 2. The van der Waals surface area contributed by atoms with Crippen LogP contribution in [0.15, 0.2) is 54.2 Å². The SMILES string of the molecule is CCCNC(=O)/C(=C/c1ccc(O)c(OC)c1)NC(=O)/C=C/c1ccc(OC)cc1. The molecule has 0 heterocycles. The van der Waals surface area contributed by atoms with Crippen LogP contribution in [-0.2, 0) is 9.59 Å². The number of phenolic OH excluding ortho intramolecular Hbond substituents is 1. The molecule has 0 aromatic heterocycles. The topological polar surface area (TPSA) is 96.9 Å². The first kappa shape index (κ1) is 22.5. The van der Waals surface area contributed by atoms with Gasteiger partial charge in [0, 0.05) is 12.6 Å². The number of nitrogens with one attached hydrogen (secondary N) is 2. The fourth-order valence-corrected chi connectivity index (χ4v) is 2.50. The first-order valence-corrected chi connectivity index (χ1v) is 9.46. The third-order valence-electron chi connectivity index (χ3n) is 4.10. The van der Waals surface area contributed by atoms with Crippen LogP contribution in [0.1, 0.15) is 24.5 Å². The van der Waals surface area contributed by atoms with Crippen LogP contribution in [0.25, 0.3) is 12.2 Å². The zero-order chi connectivity index (χ0) is 21.9. The molecule has 0 radical (unpaired) electrons. The van der Waals surface area contributed by atoms with Gasteiger partial charge in [0.1, 0.15) is 11.4 Å². The van der Waals surface area contributed by atoms with Gasteiger partial charge < -0.3 is 25.2 Å². The summed E-state index contributed by atoms with van der Waals surface area (Å²) in [6.07, 6.45) is 5.27. The van der Waals surface area contributed by atoms with E-state index in [1.807, 2.05) is 19.1 Å². The molecule has 7 heteroatoms. The van der Waals surface area contributed by atoms with Gasteiger partial charge in [0.05, 0.1) is 14.2 Å². The van der Waals surface area contributed by atoms with E-state index < -0.39 is 11.8 Å². The Morgan fingerprint density at radius 3 is 2.37 bits per heavy atom. The minimum atomic E-state index is -0.450. The summed E-state index contributed by atoms with van der Waals surface area (Å²) in [4.78, 5) is 24.9. The summed E-state index contributed by atoms with van der Waals surface area (Å²) in [7, 11) is 3.02. The van der Waals surface area contributed by atoms with Gasteiger partial charge >= 0.3 is 0 Å². The van der Waals surface area contributed by atoms with E-state index in [2.05, 4.69) is 10.6 Å². The second-order valence-corrected chi connectivity index (χ2v) is 6.34. The fourth-order valence-electron chi connectivity index (χ4n) is 2.50. The number of phenols is 1. The molecule has 2 rings (SSSR count). The Hall–Kier alpha value is -3.74. The van der Waals surface area contributed by atoms with E-state index in [1.165, 1.54) is 25.3 Å². The van der Waals surface area contributed by atoms with Crippen LogP contribution in [0.4, 0.5) is 0 Å². The van der Waals surface area contributed by atoms with Gasteiger partial charge in [-0.1, -0.05) is 25.1 Å². The van der Waals surface area contributed by atoms with E-state index in [1.54, 1.807) is 37.5 Å². The van der Waals surface area contributed by atoms with Gasteiger partial charge in [-0.25, -0.2) is 0 Å². The van der Waals surface area contributed by atoms with Crippen molar-refractivity contribution in [1.82, 2.24) is 10.6 Å². The van der Waals surface area contributed by atoms with Crippen molar-refractivity contribution in [3.05, 3.63) is 65.4 Å². The van der Waals surface area contributed by atoms with Crippen LogP contribution < -0.4 is 20.1 Å². The van der Waals surface area contributed by atoms with Crippen LogP contribution in [0, 0.1) is 0 Å². The van der Waals surface area contributed by atoms with E-state index in [0.29, 0.717) is 12.1 Å². The lowest BCUT2D eigenvalue weighted by Crippen LogP contribution is -2.34. The molecule has 0 saturated heterocycles. The van der Waals surface area contributed by atoms with Crippen molar-refractivity contribution in [2.24, 2.45) is 0 Å². The van der Waals surface area contributed by atoms with Crippen molar-refractivity contribution in [1.29, 1.82) is 0 Å². The third kappa shape index (κ3) is 6.70. The van der Waals surface area contributed by atoms with Crippen molar-refractivity contribution in [3.8, 4) is 17.2 Å². The van der Waals surface area contributed by atoms with Crippen molar-refractivity contribution < 1.29 is 24.2 Å². The quantitative estimate of drug-likeness (QED) is 0.552. The highest BCUT2D eigenvalue weighted by atomic mass is 16.5. The molecule has 0 aliphatic heterocycles. The Kier molecular flexibility index (Phi) is 8.50. The maximum absolute atomic E-state index is 12.5. The molecule has 0 spiro atoms. The molecule has 0 saturated carbocycles. The zero-order valence-corrected chi connectivity index (χ0v) is 17.3. The van der Waals surface area contributed by atoms with Crippen molar-refractivity contribution in [2.45, 2.75) is 13.3 Å². The molecule has 0 atom stereocenters. The molecule has 30 heavy (non-hydrogen) atoms. The monoisotopic (exact) mass is 410 g/mol. The van der Waals surface area contributed by atoms with Crippen molar-refractivity contribution in [2.75, 3.05) is 20.8 Å². The minimum absolute atomic E-state index is 0.0157. The van der Waals surface area contributed by atoms with Crippen molar-refractivity contribution in [3.63, 3.8) is 0 Å². The number of carbonyl (C=O) groups is 2. The normalized spacial score (nSPS) is 11.2. The number of benzene rings is 2. The van der Waals surface area contributed by atoms with Crippen LogP contribution in [-0.4, -0.2) is 37.7 Å². The van der Waals surface area contributed by atoms with E-state index >= 15 is 0 Å². The summed E-state index contributed by atoms with van der Waals surface area (Å²) in [5.41, 5.74) is 1.49. The molecule has 2 aromatic rings. The largest absolute Gasteiger partial charge is 0.504 e. The number of hydrogen-bond acceptors (Lipinski definition) is 5. The molecule has 0 bridgehead atoms. The predicted octanol–water partition coefficient (Wildman–Crippen LogP) is 3.11. The Morgan fingerprint density at radius 2 is 1.73 bits per heavy atom. The van der Waals surface area contributed by atoms with Crippen molar-refractivity contribution >= 4 is 24.0 Å². The number of hydrogen-bond donors (Lipinski definition) is 3. The lowest BCUT2D eigenvalue weighted by molar-refractivity contribution is -0.121. The van der Waals surface area contributed by atoms with Gasteiger partial charge in [0.15, 0.2) is 11.5 Å². The van der Waals surface area contributed by atoms with Gasteiger partial charge in [0.25, 0.3) is 5.91 Å². The summed E-state index contributed by atoms with van der Waals surface area (Å²) in [6.45, 7) is 2.41. The Morgan fingerprint density at radius 1 is 1.03 bits per heavy atom. The Bertz CT molecular complexity index is 933. The lowest BCUT2D eigenvalue weighted by Gasteiger charge is -2.10. The molecule has 0 fully saturated rings. The van der Waals surface area contributed by atoms with Gasteiger partial charge in [0.2, 0.25) is 5.91 Å². The van der Waals surface area contributed by atoms with E-state index in [9.17, 15) is 14.7 Å². The maximum atomic E-state index is 12.5. The highest BCUT2D eigenvalue weighted by molar-refractivity contribution is 6.04. The number of rotatable bonds is 9. The summed E-state index contributed by atoms with van der Waals surface area (Å²) in [5, 5.41) is 15.1. The van der Waals surface area contributed by atoms with Gasteiger partial charge in [-0.2, -0.15) is 0 Å². The van der Waals surface area contributed by atoms with E-state index in [-0.39, 0.29) is 17.2 Å². The van der Waals surface area contributed by atoms with Crippen LogP contribution in [0.3, 0.4) is 0 Å². The summed E-state index contributed by atoms with van der Waals surface area (Å²) >= 11 is 0. The van der Waals surface area contributed by atoms with Crippen LogP contribution >= 0.6 is 0 Å². The van der Waals surface area contributed by atoms with Gasteiger partial charge in [-0.3, -0.25) is 9.59 Å². The first-order chi connectivity index (χ1) is 14.5. The van der Waals surface area contributed by atoms with Gasteiger partial charge in [-0.05, 0) is 54.0 Å². The lowest BCUT2D eigenvalue weighted by atomic mass is 10.1. The second-order valence-electron chi connectivity index (χ2n) is 6.34. The molecule has 0 unspecified atom stereocenters. The Labute approximate surface area is 176 Å². The summed E-state index contributed by atoms with van der Waals surface area (Å²) in [5.74, 6) is 0.115. The highest BCUT2D eigenvalue weighted by Crippen LogP contribution is 2.27. The molecular formula is C23H26N2O5. The number of ether oxygens (including phenoxy) is 2. The zero-order valence-electron chi connectivity index (χ0n) is 17.3. The summed E-state index contributed by atoms with van der Waals surface area (Å²) < 4.78 is 10.2. The van der Waals surface area contributed by atoms with Crippen LogP contribution in [0.5, 0.6) is 17.2 Å². The van der Waals surface area contributed by atoms with E-state index in [4.69, 9.17) is 9.47 Å². The first-order valence-electron chi connectivity index (χ1n) is 9.46. The molecule has 0 aliphatic rings. The molecular weight excluding hydrogens is 384 g/mol. The summed E-state index contributed by atoms with van der Waals surface area (Å²) in [6, 6.07) is 11.9. The molecule has 158 valence electrons. The third-order valence-corrected chi connectivity index (χ3v) is 4.10. The molecule has 0 aliphatic carbocycles. The standard InChI is InChI=1S/C23H26N2O5/c1-4-13-24-23(28)19(14-17-7-11-20(26)21(15-17)30-3)25-22(27)12-8-16-5-9-18(29-2)10-6-16/h5-12,14-15,26H,4,13H2,1-3H3,(H,24,28)(H,25,27)/b12-8+,19-14-. The average Bonchev–Trinajstić information content (AvgIpc) is 2.77. The Balaban J connectivity index is 2.20. The fraction of sp³-hybridized carbons (Fsp3) is 0.217. The molecule has 7 nitrogen and oxygen atoms in total. The average molecular weight is 410 g/mol. The second kappa shape index (κ2) is 11.3. The number of amides is 2. The maximum Gasteiger partial charge on any atom is 0.267 e. The predicted molar refractivity (Wildman–Crippen MR) is 116 cm³/mol. The highest BCUT2D eigenvalue weighted by Gasteiger charge is 2.12. The van der Waals surface area contributed by atoms with Crippen LogP contribution in [0.2, 0.25) is 0 Å². The molecule has 2 aromatic carbocycles.